The predicted octanol–water partition coefficient (Wildman–Crippen LogP) is 1.86. The number of carbonyl (C=O) groups excluding carboxylic acids is 1. The smallest absolute Gasteiger partial charge is 0.251 e. The Morgan fingerprint density at radius 1 is 1.17 bits per heavy atom. The maximum atomic E-state index is 12.2. The van der Waals surface area contributed by atoms with Gasteiger partial charge in [-0.3, -0.25) is 4.79 Å². The van der Waals surface area contributed by atoms with E-state index >= 15 is 0 Å². The van der Waals surface area contributed by atoms with Crippen LogP contribution in [0.25, 0.3) is 0 Å². The first kappa shape index (κ1) is 16.4. The summed E-state index contributed by atoms with van der Waals surface area (Å²) < 4.78 is 5.38. The Morgan fingerprint density at radius 2 is 1.88 bits per heavy atom. The van der Waals surface area contributed by atoms with Crippen LogP contribution in [-0.4, -0.2) is 42.2 Å². The lowest BCUT2D eigenvalue weighted by atomic mass is 10.1. The summed E-state index contributed by atoms with van der Waals surface area (Å²) in [4.78, 5) is 23.4. The number of hydrogen-bond donors (Lipinski definition) is 1. The molecule has 1 aromatic heterocycles. The summed E-state index contributed by atoms with van der Waals surface area (Å²) in [6.45, 7) is 7.32. The topological polar surface area (TPSA) is 67.4 Å². The van der Waals surface area contributed by atoms with Crippen molar-refractivity contribution in [3.63, 3.8) is 0 Å². The highest BCUT2D eigenvalue weighted by Crippen LogP contribution is 2.14. The van der Waals surface area contributed by atoms with Gasteiger partial charge in [0.25, 0.3) is 5.91 Å². The zero-order valence-electron chi connectivity index (χ0n) is 14.1. The summed E-state index contributed by atoms with van der Waals surface area (Å²) in [7, 11) is 0. The number of ether oxygens (including phenoxy) is 1. The Bertz CT molecular complexity index is 709. The molecule has 1 saturated heterocycles. The molecule has 0 unspecified atom stereocenters. The standard InChI is InChI=1S/C18H22N4O2/c1-13-3-5-15(6-4-13)18(23)19-12-16-20-14(2)11-17(21-16)22-7-9-24-10-8-22/h3-6,11H,7-10,12H2,1-2H3,(H,19,23). The van der Waals surface area contributed by atoms with E-state index < -0.39 is 0 Å². The Kier molecular flexibility index (Phi) is 5.05. The fourth-order valence-electron chi connectivity index (χ4n) is 2.61. The molecule has 0 aliphatic carbocycles. The number of rotatable bonds is 4. The van der Waals surface area contributed by atoms with Crippen LogP contribution in [0.1, 0.15) is 27.4 Å². The van der Waals surface area contributed by atoms with Gasteiger partial charge in [0.1, 0.15) is 11.6 Å². The summed E-state index contributed by atoms with van der Waals surface area (Å²) in [5, 5.41) is 2.88. The van der Waals surface area contributed by atoms with Gasteiger partial charge >= 0.3 is 0 Å². The number of nitrogens with one attached hydrogen (secondary N) is 1. The minimum Gasteiger partial charge on any atom is -0.378 e. The number of hydrogen-bond acceptors (Lipinski definition) is 5. The van der Waals surface area contributed by atoms with E-state index in [0.717, 1.165) is 30.2 Å². The van der Waals surface area contributed by atoms with Crippen LogP contribution in [0.15, 0.2) is 30.3 Å². The molecule has 1 aliphatic heterocycles. The molecule has 6 nitrogen and oxygen atoms in total. The molecule has 0 bridgehead atoms. The molecule has 1 aliphatic rings. The molecular formula is C18H22N4O2. The third-order valence-electron chi connectivity index (χ3n) is 3.94. The number of nitrogens with zero attached hydrogens (tertiary/aromatic N) is 3. The van der Waals surface area contributed by atoms with Crippen molar-refractivity contribution in [2.45, 2.75) is 20.4 Å². The average molecular weight is 326 g/mol. The summed E-state index contributed by atoms with van der Waals surface area (Å²) in [5.74, 6) is 1.40. The molecule has 0 saturated carbocycles. The van der Waals surface area contributed by atoms with Crippen LogP contribution in [0.3, 0.4) is 0 Å². The van der Waals surface area contributed by atoms with Crippen LogP contribution in [0, 0.1) is 13.8 Å². The average Bonchev–Trinajstić information content (AvgIpc) is 2.60. The zero-order valence-corrected chi connectivity index (χ0v) is 14.1. The molecule has 1 amide bonds. The highest BCUT2D eigenvalue weighted by atomic mass is 16.5. The van der Waals surface area contributed by atoms with Crippen LogP contribution < -0.4 is 10.2 Å². The highest BCUT2D eigenvalue weighted by Gasteiger charge is 2.14. The molecule has 0 spiro atoms. The van der Waals surface area contributed by atoms with Gasteiger partial charge in [-0.2, -0.15) is 0 Å². The number of aromatic nitrogens is 2. The first-order valence-electron chi connectivity index (χ1n) is 8.14. The van der Waals surface area contributed by atoms with E-state index in [-0.39, 0.29) is 5.91 Å². The first-order chi connectivity index (χ1) is 11.6. The van der Waals surface area contributed by atoms with Crippen molar-refractivity contribution in [1.29, 1.82) is 0 Å². The van der Waals surface area contributed by atoms with E-state index in [9.17, 15) is 4.79 Å². The van der Waals surface area contributed by atoms with E-state index in [4.69, 9.17) is 4.74 Å². The summed E-state index contributed by atoms with van der Waals surface area (Å²) in [6, 6.07) is 9.46. The molecular weight excluding hydrogens is 304 g/mol. The number of amides is 1. The van der Waals surface area contributed by atoms with Crippen LogP contribution in [0.4, 0.5) is 5.82 Å². The van der Waals surface area contributed by atoms with Crippen LogP contribution in [0.2, 0.25) is 0 Å². The lowest BCUT2D eigenvalue weighted by Crippen LogP contribution is -2.37. The van der Waals surface area contributed by atoms with Crippen LogP contribution in [0.5, 0.6) is 0 Å². The van der Waals surface area contributed by atoms with Gasteiger partial charge in [0.2, 0.25) is 0 Å². The van der Waals surface area contributed by atoms with Crippen molar-refractivity contribution in [1.82, 2.24) is 15.3 Å². The normalized spacial score (nSPS) is 14.5. The maximum Gasteiger partial charge on any atom is 0.251 e. The number of carbonyl (C=O) groups is 1. The second kappa shape index (κ2) is 7.40. The Labute approximate surface area is 141 Å². The molecule has 24 heavy (non-hydrogen) atoms. The third kappa shape index (κ3) is 4.08. The second-order valence-electron chi connectivity index (χ2n) is 5.93. The monoisotopic (exact) mass is 326 g/mol. The van der Waals surface area contributed by atoms with Crippen LogP contribution in [-0.2, 0) is 11.3 Å². The van der Waals surface area contributed by atoms with Gasteiger partial charge in [-0.1, -0.05) is 17.7 Å². The second-order valence-corrected chi connectivity index (χ2v) is 5.93. The predicted molar refractivity (Wildman–Crippen MR) is 92.2 cm³/mol. The summed E-state index contributed by atoms with van der Waals surface area (Å²) in [6.07, 6.45) is 0. The molecule has 2 aromatic rings. The van der Waals surface area contributed by atoms with Crippen LogP contribution >= 0.6 is 0 Å². The molecule has 1 N–H and O–H groups in total. The van der Waals surface area contributed by atoms with Crippen molar-refractivity contribution in [2.24, 2.45) is 0 Å². The van der Waals surface area contributed by atoms with Crippen molar-refractivity contribution >= 4 is 11.7 Å². The maximum absolute atomic E-state index is 12.2. The Hall–Kier alpha value is -2.47. The molecule has 1 fully saturated rings. The first-order valence-corrected chi connectivity index (χ1v) is 8.14. The Morgan fingerprint density at radius 3 is 2.58 bits per heavy atom. The largest absolute Gasteiger partial charge is 0.378 e. The number of anilines is 1. The van der Waals surface area contributed by atoms with E-state index in [1.54, 1.807) is 0 Å². The molecule has 0 atom stereocenters. The molecule has 1 aromatic carbocycles. The molecule has 126 valence electrons. The summed E-state index contributed by atoms with van der Waals surface area (Å²) >= 11 is 0. The number of morpholine rings is 1. The highest BCUT2D eigenvalue weighted by molar-refractivity contribution is 5.94. The molecule has 3 rings (SSSR count). The van der Waals surface area contributed by atoms with Crippen molar-refractivity contribution in [3.05, 3.63) is 53.0 Å². The van der Waals surface area contributed by atoms with Gasteiger partial charge in [0.15, 0.2) is 0 Å². The molecule has 2 heterocycles. The lowest BCUT2D eigenvalue weighted by molar-refractivity contribution is 0.0950. The van der Waals surface area contributed by atoms with Gasteiger partial charge in [-0.25, -0.2) is 9.97 Å². The minimum absolute atomic E-state index is 0.118. The fourth-order valence-corrected chi connectivity index (χ4v) is 2.61. The van der Waals surface area contributed by atoms with E-state index in [1.165, 1.54) is 0 Å². The minimum atomic E-state index is -0.118. The zero-order chi connectivity index (χ0) is 16.9. The van der Waals surface area contributed by atoms with E-state index in [0.29, 0.717) is 31.1 Å². The lowest BCUT2D eigenvalue weighted by Gasteiger charge is -2.28. The van der Waals surface area contributed by atoms with Gasteiger partial charge < -0.3 is 15.0 Å². The summed E-state index contributed by atoms with van der Waals surface area (Å²) in [5.41, 5.74) is 2.66. The quantitative estimate of drug-likeness (QED) is 0.929. The van der Waals surface area contributed by atoms with Crippen molar-refractivity contribution in [3.8, 4) is 0 Å². The number of aryl methyl sites for hydroxylation is 2. The molecule has 0 radical (unpaired) electrons. The van der Waals surface area contributed by atoms with Gasteiger partial charge in [-0.05, 0) is 26.0 Å². The van der Waals surface area contributed by atoms with Gasteiger partial charge in [0, 0.05) is 30.4 Å². The third-order valence-corrected chi connectivity index (χ3v) is 3.94. The number of benzene rings is 1. The SMILES string of the molecule is Cc1ccc(C(=O)NCc2nc(C)cc(N3CCOCC3)n2)cc1. The fraction of sp³-hybridized carbons (Fsp3) is 0.389. The van der Waals surface area contributed by atoms with Crippen molar-refractivity contribution in [2.75, 3.05) is 31.2 Å². The molecule has 6 heteroatoms. The van der Waals surface area contributed by atoms with E-state index in [1.807, 2.05) is 44.2 Å². The van der Waals surface area contributed by atoms with E-state index in [2.05, 4.69) is 20.2 Å². The van der Waals surface area contributed by atoms with Crippen molar-refractivity contribution < 1.29 is 9.53 Å². The van der Waals surface area contributed by atoms with Gasteiger partial charge in [0.05, 0.1) is 19.8 Å². The van der Waals surface area contributed by atoms with Gasteiger partial charge in [-0.15, -0.1) is 0 Å². The Balaban J connectivity index is 1.67.